The van der Waals surface area contributed by atoms with Gasteiger partial charge in [0.05, 0.1) is 18.2 Å². The first-order valence-corrected chi connectivity index (χ1v) is 8.81. The highest BCUT2D eigenvalue weighted by Crippen LogP contribution is 2.35. The van der Waals surface area contributed by atoms with Crippen LogP contribution in [0.4, 0.5) is 0 Å². The van der Waals surface area contributed by atoms with Crippen molar-refractivity contribution < 1.29 is 9.90 Å². The van der Waals surface area contributed by atoms with Crippen LogP contribution >= 0.6 is 0 Å². The fraction of sp³-hybridized carbons (Fsp3) is 0.941. The van der Waals surface area contributed by atoms with Crippen molar-refractivity contribution >= 4 is 5.91 Å². The minimum absolute atomic E-state index is 0.0428. The fourth-order valence-corrected chi connectivity index (χ4v) is 4.83. The highest BCUT2D eigenvalue weighted by atomic mass is 16.3. The lowest BCUT2D eigenvalue weighted by atomic mass is 9.76. The molecule has 5 unspecified atom stereocenters. The van der Waals surface area contributed by atoms with Crippen LogP contribution in [0.25, 0.3) is 0 Å². The second-order valence-electron chi connectivity index (χ2n) is 7.74. The van der Waals surface area contributed by atoms with Gasteiger partial charge in [0.25, 0.3) is 0 Å². The third-order valence-electron chi connectivity index (χ3n) is 5.96. The van der Waals surface area contributed by atoms with Crippen molar-refractivity contribution in [2.75, 3.05) is 6.61 Å². The predicted octanol–water partition coefficient (Wildman–Crippen LogP) is 1.96. The van der Waals surface area contributed by atoms with E-state index in [2.05, 4.69) is 17.6 Å². The van der Waals surface area contributed by atoms with Crippen molar-refractivity contribution in [2.24, 2.45) is 11.8 Å². The number of hydrogen-bond donors (Lipinski definition) is 3. The van der Waals surface area contributed by atoms with Crippen molar-refractivity contribution in [3.63, 3.8) is 0 Å². The van der Waals surface area contributed by atoms with E-state index in [0.29, 0.717) is 17.9 Å². The van der Waals surface area contributed by atoms with Gasteiger partial charge >= 0.3 is 0 Å². The molecule has 2 saturated carbocycles. The second-order valence-corrected chi connectivity index (χ2v) is 7.74. The molecule has 0 aromatic rings. The van der Waals surface area contributed by atoms with E-state index in [9.17, 15) is 9.90 Å². The number of hydrogen-bond acceptors (Lipinski definition) is 3. The average molecular weight is 294 g/mol. The van der Waals surface area contributed by atoms with Crippen LogP contribution in [0.5, 0.6) is 0 Å². The second kappa shape index (κ2) is 6.25. The molecule has 3 aliphatic rings. The van der Waals surface area contributed by atoms with Crippen molar-refractivity contribution in [3.05, 3.63) is 0 Å². The van der Waals surface area contributed by atoms with Crippen LogP contribution in [0.2, 0.25) is 0 Å². The van der Waals surface area contributed by atoms with E-state index < -0.39 is 0 Å². The Kier molecular flexibility index (Phi) is 4.55. The van der Waals surface area contributed by atoms with Gasteiger partial charge in [-0.3, -0.25) is 4.79 Å². The summed E-state index contributed by atoms with van der Waals surface area (Å²) in [6, 6.07) is 0.503. The predicted molar refractivity (Wildman–Crippen MR) is 82.9 cm³/mol. The molecule has 4 nitrogen and oxygen atoms in total. The molecule has 1 aliphatic heterocycles. The first kappa shape index (κ1) is 15.3. The summed E-state index contributed by atoms with van der Waals surface area (Å²) in [5.41, 5.74) is -0.371. The third kappa shape index (κ3) is 3.26. The Morgan fingerprint density at radius 3 is 2.81 bits per heavy atom. The number of amides is 1. The zero-order chi connectivity index (χ0) is 14.9. The number of carbonyl (C=O) groups is 1. The Labute approximate surface area is 128 Å². The molecule has 21 heavy (non-hydrogen) atoms. The number of aliphatic hydroxyl groups is 1. The van der Waals surface area contributed by atoms with E-state index in [-0.39, 0.29) is 24.1 Å². The smallest absolute Gasteiger partial charge is 0.237 e. The monoisotopic (exact) mass is 294 g/mol. The Balaban J connectivity index is 1.60. The van der Waals surface area contributed by atoms with Crippen LogP contribution in [-0.2, 0) is 4.79 Å². The largest absolute Gasteiger partial charge is 0.394 e. The van der Waals surface area contributed by atoms with E-state index in [4.69, 9.17) is 0 Å². The molecule has 4 heteroatoms. The first-order valence-electron chi connectivity index (χ1n) is 8.81. The van der Waals surface area contributed by atoms with Crippen molar-refractivity contribution in [3.8, 4) is 0 Å². The molecule has 0 bridgehead atoms. The normalized spacial score (nSPS) is 43.3. The zero-order valence-electron chi connectivity index (χ0n) is 13.2. The average Bonchev–Trinajstić information content (AvgIpc) is 2.91. The summed E-state index contributed by atoms with van der Waals surface area (Å²) in [5.74, 6) is 1.39. The molecule has 2 aliphatic carbocycles. The molecule has 5 atom stereocenters. The van der Waals surface area contributed by atoms with Crippen LogP contribution in [0.15, 0.2) is 0 Å². The Morgan fingerprint density at radius 2 is 2.10 bits per heavy atom. The molecule has 0 aromatic heterocycles. The van der Waals surface area contributed by atoms with Crippen LogP contribution in [0, 0.1) is 11.8 Å². The van der Waals surface area contributed by atoms with Gasteiger partial charge in [0.2, 0.25) is 5.91 Å². The highest BCUT2D eigenvalue weighted by Gasteiger charge is 2.42. The molecule has 1 heterocycles. The molecular weight excluding hydrogens is 264 g/mol. The summed E-state index contributed by atoms with van der Waals surface area (Å²) in [6.07, 6.45) is 10.2. The number of aliphatic hydroxyl groups excluding tert-OH is 1. The lowest BCUT2D eigenvalue weighted by Gasteiger charge is -2.40. The van der Waals surface area contributed by atoms with E-state index in [0.717, 1.165) is 25.7 Å². The zero-order valence-corrected chi connectivity index (χ0v) is 13.2. The molecule has 3 N–H and O–H groups in total. The number of fused-ring (bicyclic) bond motifs is 1. The summed E-state index contributed by atoms with van der Waals surface area (Å²) < 4.78 is 0. The molecule has 1 amide bonds. The van der Waals surface area contributed by atoms with Crippen molar-refractivity contribution in [1.82, 2.24) is 10.6 Å². The quantitative estimate of drug-likeness (QED) is 0.746. The Bertz CT molecular complexity index is 373. The Morgan fingerprint density at radius 1 is 1.29 bits per heavy atom. The Hall–Kier alpha value is -0.610. The molecule has 3 rings (SSSR count). The van der Waals surface area contributed by atoms with Gasteiger partial charge in [0, 0.05) is 6.04 Å². The highest BCUT2D eigenvalue weighted by molar-refractivity contribution is 5.83. The summed E-state index contributed by atoms with van der Waals surface area (Å²) in [7, 11) is 0. The maximum atomic E-state index is 12.6. The SMILES string of the molecule is CC1CCCC(CO)(NC(=O)C2CC3CCCCC3N2)C1. The van der Waals surface area contributed by atoms with E-state index in [1.54, 1.807) is 0 Å². The standard InChI is InChI=1S/C17H30N2O2/c1-12-5-4-8-17(10-12,11-20)19-16(21)15-9-13-6-2-3-7-14(13)18-15/h12-15,18,20H,2-11H2,1H3,(H,19,21). The lowest BCUT2D eigenvalue weighted by molar-refractivity contribution is -0.126. The molecule has 0 spiro atoms. The number of nitrogens with one attached hydrogen (secondary N) is 2. The van der Waals surface area contributed by atoms with Gasteiger partial charge in [-0.2, -0.15) is 0 Å². The molecule has 0 aromatic carbocycles. The number of carbonyl (C=O) groups excluding carboxylic acids is 1. The number of rotatable bonds is 3. The molecule has 1 saturated heterocycles. The van der Waals surface area contributed by atoms with Crippen LogP contribution < -0.4 is 10.6 Å². The molecular formula is C17H30N2O2. The summed E-state index contributed by atoms with van der Waals surface area (Å²) in [6.45, 7) is 2.29. The minimum Gasteiger partial charge on any atom is -0.394 e. The van der Waals surface area contributed by atoms with Crippen molar-refractivity contribution in [1.29, 1.82) is 0 Å². The van der Waals surface area contributed by atoms with Gasteiger partial charge in [0.15, 0.2) is 0 Å². The molecule has 120 valence electrons. The van der Waals surface area contributed by atoms with Crippen molar-refractivity contribution in [2.45, 2.75) is 82.3 Å². The van der Waals surface area contributed by atoms with Crippen LogP contribution in [0.1, 0.15) is 64.7 Å². The van der Waals surface area contributed by atoms with Crippen LogP contribution in [-0.4, -0.2) is 35.2 Å². The lowest BCUT2D eigenvalue weighted by Crippen LogP contribution is -2.57. The van der Waals surface area contributed by atoms with Gasteiger partial charge in [0.1, 0.15) is 0 Å². The maximum Gasteiger partial charge on any atom is 0.237 e. The minimum atomic E-state index is -0.371. The van der Waals surface area contributed by atoms with E-state index in [1.807, 2.05) is 0 Å². The van der Waals surface area contributed by atoms with Gasteiger partial charge in [-0.25, -0.2) is 0 Å². The van der Waals surface area contributed by atoms with Gasteiger partial charge in [-0.1, -0.05) is 32.6 Å². The van der Waals surface area contributed by atoms with E-state index in [1.165, 1.54) is 32.1 Å². The van der Waals surface area contributed by atoms with Gasteiger partial charge in [-0.15, -0.1) is 0 Å². The maximum absolute atomic E-state index is 12.6. The fourth-order valence-electron chi connectivity index (χ4n) is 4.83. The third-order valence-corrected chi connectivity index (χ3v) is 5.96. The van der Waals surface area contributed by atoms with Crippen LogP contribution in [0.3, 0.4) is 0 Å². The van der Waals surface area contributed by atoms with E-state index >= 15 is 0 Å². The van der Waals surface area contributed by atoms with Gasteiger partial charge in [-0.05, 0) is 43.9 Å². The summed E-state index contributed by atoms with van der Waals surface area (Å²) in [4.78, 5) is 12.6. The molecule has 0 radical (unpaired) electrons. The van der Waals surface area contributed by atoms with Gasteiger partial charge < -0.3 is 15.7 Å². The first-order chi connectivity index (χ1) is 10.1. The molecule has 3 fully saturated rings. The summed E-state index contributed by atoms with van der Waals surface area (Å²) >= 11 is 0. The topological polar surface area (TPSA) is 61.4 Å². The summed E-state index contributed by atoms with van der Waals surface area (Å²) in [5, 5.41) is 16.6.